The van der Waals surface area contributed by atoms with Crippen LogP contribution in [0.2, 0.25) is 5.15 Å². The van der Waals surface area contributed by atoms with Crippen LogP contribution in [0.1, 0.15) is 25.3 Å². The Hall–Kier alpha value is -1.40. The summed E-state index contributed by atoms with van der Waals surface area (Å²) in [5.74, 6) is -0.625. The molecule has 1 aromatic carbocycles. The smallest absolute Gasteiger partial charge is 0.297 e. The number of halogens is 3. The lowest BCUT2D eigenvalue weighted by atomic mass is 10.1. The number of aromatic amines is 1. The second-order valence-corrected chi connectivity index (χ2v) is 5.78. The van der Waals surface area contributed by atoms with Gasteiger partial charge in [-0.3, -0.25) is 9.78 Å². The van der Waals surface area contributed by atoms with E-state index in [0.717, 1.165) is 4.57 Å². The van der Waals surface area contributed by atoms with E-state index < -0.39 is 17.1 Å². The van der Waals surface area contributed by atoms with E-state index >= 15 is 0 Å². The monoisotopic (exact) mass is 360 g/mol. The second-order valence-electron chi connectivity index (χ2n) is 4.55. The molecular formula is C13H11BrClFN2O2. The summed E-state index contributed by atoms with van der Waals surface area (Å²) in [6.07, 6.45) is 0. The first-order valence-electron chi connectivity index (χ1n) is 5.83. The average Bonchev–Trinajstić information content (AvgIpc) is 2.30. The van der Waals surface area contributed by atoms with Crippen molar-refractivity contribution in [2.75, 3.05) is 0 Å². The molecule has 0 radical (unpaired) electrons. The van der Waals surface area contributed by atoms with Gasteiger partial charge in [-0.1, -0.05) is 25.4 Å². The SMILES string of the molecule is CC(C)c1c(Cl)[nH]c(=O)n(-c2ccc(F)cc2Br)c1=O. The van der Waals surface area contributed by atoms with Gasteiger partial charge in [-0.15, -0.1) is 0 Å². The molecule has 1 aromatic heterocycles. The quantitative estimate of drug-likeness (QED) is 0.835. The Morgan fingerprint density at radius 2 is 2.00 bits per heavy atom. The van der Waals surface area contributed by atoms with E-state index in [1.54, 1.807) is 13.8 Å². The first-order chi connectivity index (χ1) is 9.32. The molecule has 0 bridgehead atoms. The average molecular weight is 362 g/mol. The van der Waals surface area contributed by atoms with Gasteiger partial charge in [-0.2, -0.15) is 0 Å². The predicted octanol–water partition coefficient (Wildman–Crippen LogP) is 3.20. The molecule has 2 rings (SSSR count). The Bertz CT molecular complexity index is 783. The standard InChI is InChI=1S/C13H11BrClFN2O2/c1-6(2)10-11(15)17-13(20)18(12(10)19)9-4-3-7(16)5-8(9)14/h3-6H,1-2H3,(H,17,20). The van der Waals surface area contributed by atoms with Crippen LogP contribution < -0.4 is 11.2 Å². The van der Waals surface area contributed by atoms with Crippen LogP contribution in [0.25, 0.3) is 5.69 Å². The van der Waals surface area contributed by atoms with Crippen LogP contribution in [0.4, 0.5) is 4.39 Å². The maximum atomic E-state index is 13.1. The van der Waals surface area contributed by atoms with Crippen molar-refractivity contribution >= 4 is 27.5 Å². The van der Waals surface area contributed by atoms with Crippen molar-refractivity contribution < 1.29 is 4.39 Å². The van der Waals surface area contributed by atoms with E-state index in [-0.39, 0.29) is 16.8 Å². The molecule has 20 heavy (non-hydrogen) atoms. The molecule has 2 aromatic rings. The predicted molar refractivity (Wildman–Crippen MR) is 79.4 cm³/mol. The number of hydrogen-bond acceptors (Lipinski definition) is 2. The van der Waals surface area contributed by atoms with E-state index in [1.807, 2.05) is 0 Å². The molecule has 106 valence electrons. The highest BCUT2D eigenvalue weighted by molar-refractivity contribution is 9.10. The fraction of sp³-hybridized carbons (Fsp3) is 0.231. The second kappa shape index (κ2) is 5.54. The van der Waals surface area contributed by atoms with Gasteiger partial charge in [-0.25, -0.2) is 13.8 Å². The normalized spacial score (nSPS) is 11.1. The Labute approximate surface area is 127 Å². The fourth-order valence-electron chi connectivity index (χ4n) is 1.91. The van der Waals surface area contributed by atoms with Crippen molar-refractivity contribution in [2.24, 2.45) is 0 Å². The molecule has 0 aliphatic carbocycles. The molecule has 0 saturated heterocycles. The molecule has 0 spiro atoms. The van der Waals surface area contributed by atoms with Crippen molar-refractivity contribution in [2.45, 2.75) is 19.8 Å². The van der Waals surface area contributed by atoms with E-state index in [4.69, 9.17) is 11.6 Å². The third-order valence-electron chi connectivity index (χ3n) is 2.82. The summed E-state index contributed by atoms with van der Waals surface area (Å²) in [5, 5.41) is 0.0319. The largest absolute Gasteiger partial charge is 0.334 e. The van der Waals surface area contributed by atoms with Gasteiger partial charge in [0.25, 0.3) is 5.56 Å². The van der Waals surface area contributed by atoms with Crippen molar-refractivity contribution in [3.63, 3.8) is 0 Å². The number of nitrogens with zero attached hydrogens (tertiary/aromatic N) is 1. The zero-order valence-electron chi connectivity index (χ0n) is 10.7. The zero-order chi connectivity index (χ0) is 15.0. The molecule has 1 N–H and O–H groups in total. The Balaban J connectivity index is 2.85. The lowest BCUT2D eigenvalue weighted by Crippen LogP contribution is -2.36. The van der Waals surface area contributed by atoms with Crippen LogP contribution in [0.5, 0.6) is 0 Å². The maximum absolute atomic E-state index is 13.1. The van der Waals surface area contributed by atoms with Gasteiger partial charge in [0.05, 0.1) is 11.3 Å². The summed E-state index contributed by atoms with van der Waals surface area (Å²) in [4.78, 5) is 26.8. The third-order valence-corrected chi connectivity index (χ3v) is 3.75. The summed E-state index contributed by atoms with van der Waals surface area (Å²) in [7, 11) is 0. The number of aromatic nitrogens is 2. The summed E-state index contributed by atoms with van der Waals surface area (Å²) in [6.45, 7) is 3.59. The van der Waals surface area contributed by atoms with E-state index in [0.29, 0.717) is 10.0 Å². The summed E-state index contributed by atoms with van der Waals surface area (Å²) < 4.78 is 14.4. The highest BCUT2D eigenvalue weighted by Crippen LogP contribution is 2.22. The molecule has 0 aliphatic heterocycles. The van der Waals surface area contributed by atoms with Gasteiger partial charge in [0.2, 0.25) is 0 Å². The maximum Gasteiger partial charge on any atom is 0.334 e. The number of hydrogen-bond donors (Lipinski definition) is 1. The summed E-state index contributed by atoms with van der Waals surface area (Å²) in [6, 6.07) is 3.72. The minimum atomic E-state index is -0.670. The molecular weight excluding hydrogens is 351 g/mol. The van der Waals surface area contributed by atoms with Crippen LogP contribution in [0, 0.1) is 5.82 Å². The number of benzene rings is 1. The van der Waals surface area contributed by atoms with Gasteiger partial charge in [0, 0.05) is 4.47 Å². The molecule has 7 heteroatoms. The van der Waals surface area contributed by atoms with Crippen molar-refractivity contribution in [3.8, 4) is 5.69 Å². The molecule has 0 fully saturated rings. The number of H-pyrrole nitrogens is 1. The fourth-order valence-corrected chi connectivity index (χ4v) is 2.81. The molecule has 4 nitrogen and oxygen atoms in total. The van der Waals surface area contributed by atoms with Crippen LogP contribution in [0.3, 0.4) is 0 Å². The zero-order valence-corrected chi connectivity index (χ0v) is 13.0. The van der Waals surface area contributed by atoms with Crippen LogP contribution >= 0.6 is 27.5 Å². The third kappa shape index (κ3) is 2.58. The van der Waals surface area contributed by atoms with E-state index in [2.05, 4.69) is 20.9 Å². The lowest BCUT2D eigenvalue weighted by molar-refractivity contribution is 0.626. The summed E-state index contributed by atoms with van der Waals surface area (Å²) in [5.41, 5.74) is -0.614. The molecule has 0 atom stereocenters. The summed E-state index contributed by atoms with van der Waals surface area (Å²) >= 11 is 9.06. The van der Waals surface area contributed by atoms with Crippen LogP contribution in [-0.2, 0) is 0 Å². The Morgan fingerprint density at radius 1 is 1.35 bits per heavy atom. The van der Waals surface area contributed by atoms with E-state index in [9.17, 15) is 14.0 Å². The number of nitrogens with one attached hydrogen (secondary N) is 1. The van der Waals surface area contributed by atoms with Crippen LogP contribution in [-0.4, -0.2) is 9.55 Å². The molecule has 1 heterocycles. The van der Waals surface area contributed by atoms with Crippen LogP contribution in [0.15, 0.2) is 32.3 Å². The topological polar surface area (TPSA) is 54.9 Å². The Kier molecular flexibility index (Phi) is 4.15. The first-order valence-corrected chi connectivity index (χ1v) is 7.00. The molecule has 0 saturated carbocycles. The lowest BCUT2D eigenvalue weighted by Gasteiger charge is -2.12. The van der Waals surface area contributed by atoms with Gasteiger partial charge < -0.3 is 0 Å². The van der Waals surface area contributed by atoms with Crippen molar-refractivity contribution in [1.29, 1.82) is 0 Å². The van der Waals surface area contributed by atoms with E-state index in [1.165, 1.54) is 18.2 Å². The minimum Gasteiger partial charge on any atom is -0.297 e. The highest BCUT2D eigenvalue weighted by atomic mass is 79.9. The first kappa shape index (κ1) is 15.0. The highest BCUT2D eigenvalue weighted by Gasteiger charge is 2.18. The van der Waals surface area contributed by atoms with Gasteiger partial charge >= 0.3 is 5.69 Å². The number of rotatable bonds is 2. The molecule has 0 aliphatic rings. The van der Waals surface area contributed by atoms with Crippen molar-refractivity contribution in [1.82, 2.24) is 9.55 Å². The van der Waals surface area contributed by atoms with Gasteiger partial charge in [0.15, 0.2) is 0 Å². The minimum absolute atomic E-state index is 0.0319. The molecule has 0 amide bonds. The molecule has 0 unspecified atom stereocenters. The van der Waals surface area contributed by atoms with Gasteiger partial charge in [-0.05, 0) is 40.0 Å². The Morgan fingerprint density at radius 3 is 2.55 bits per heavy atom. The van der Waals surface area contributed by atoms with Gasteiger partial charge in [0.1, 0.15) is 11.0 Å². The van der Waals surface area contributed by atoms with Crippen molar-refractivity contribution in [3.05, 3.63) is 60.0 Å².